The second kappa shape index (κ2) is 7.98. The molecule has 2 aliphatic heterocycles. The maximum absolute atomic E-state index is 14.2. The summed E-state index contributed by atoms with van der Waals surface area (Å²) in [5, 5.41) is 5.27. The second-order valence-electron chi connectivity index (χ2n) is 7.46. The van der Waals surface area contributed by atoms with Crippen LogP contribution in [0.5, 0.6) is 5.75 Å². The first kappa shape index (κ1) is 20.0. The molecule has 1 unspecified atom stereocenters. The Morgan fingerprint density at radius 3 is 2.59 bits per heavy atom. The molecule has 1 N–H and O–H groups in total. The highest BCUT2D eigenvalue weighted by molar-refractivity contribution is 5.79. The number of pyridine rings is 1. The number of likely N-dealkylation sites (tertiary alicyclic amines) is 1. The van der Waals surface area contributed by atoms with Crippen LogP contribution in [0, 0.1) is 17.5 Å². The number of hydrogen-bond acceptors (Lipinski definition) is 5. The van der Waals surface area contributed by atoms with E-state index < -0.39 is 35.6 Å². The van der Waals surface area contributed by atoms with Gasteiger partial charge in [-0.25, -0.2) is 32.9 Å². The fourth-order valence-corrected chi connectivity index (χ4v) is 3.68. The molecule has 1 atom stereocenters. The maximum Gasteiger partial charge on any atom is 0.341 e. The summed E-state index contributed by atoms with van der Waals surface area (Å²) in [5.41, 5.74) is 0.751. The van der Waals surface area contributed by atoms with Crippen molar-refractivity contribution in [1.82, 2.24) is 24.9 Å². The number of carbonyl (C=O) groups is 1. The molecule has 2 aliphatic rings. The van der Waals surface area contributed by atoms with Gasteiger partial charge < -0.3 is 14.6 Å². The number of nitrogens with one attached hydrogen (secondary N) is 1. The second-order valence-corrected chi connectivity index (χ2v) is 7.46. The molecule has 11 heteroatoms. The highest BCUT2D eigenvalue weighted by atomic mass is 19.1. The monoisotopic (exact) mass is 442 g/mol. The molecule has 1 fully saturated rings. The number of aromatic amines is 1. The molecule has 0 spiro atoms. The van der Waals surface area contributed by atoms with E-state index in [1.165, 1.54) is 34.3 Å². The number of halogens is 3. The predicted octanol–water partition coefficient (Wildman–Crippen LogP) is 3.50. The Balaban J connectivity index is 1.23. The van der Waals surface area contributed by atoms with Gasteiger partial charge in [0.15, 0.2) is 17.4 Å². The number of carbonyl (C=O) groups excluding carboxylic acids is 1. The highest BCUT2D eigenvalue weighted by Gasteiger charge is 2.39. The Bertz CT molecular complexity index is 1160. The lowest BCUT2D eigenvalue weighted by atomic mass is 10.0. The average molecular weight is 442 g/mol. The van der Waals surface area contributed by atoms with Gasteiger partial charge in [0.1, 0.15) is 23.4 Å². The first-order chi connectivity index (χ1) is 15.5. The van der Waals surface area contributed by atoms with Gasteiger partial charge in [0, 0.05) is 37.2 Å². The van der Waals surface area contributed by atoms with E-state index in [0.717, 1.165) is 12.3 Å². The van der Waals surface area contributed by atoms with Gasteiger partial charge in [-0.1, -0.05) is 0 Å². The number of hydrazone groups is 1. The zero-order chi connectivity index (χ0) is 22.2. The van der Waals surface area contributed by atoms with E-state index >= 15 is 0 Å². The van der Waals surface area contributed by atoms with Crippen LogP contribution in [0.1, 0.15) is 18.0 Å². The topological polar surface area (TPSA) is 86.7 Å². The molecular formula is C21H17F3N6O2. The van der Waals surface area contributed by atoms with Crippen LogP contribution >= 0.6 is 0 Å². The van der Waals surface area contributed by atoms with Gasteiger partial charge in [0.25, 0.3) is 0 Å². The van der Waals surface area contributed by atoms with Crippen molar-refractivity contribution in [3.63, 3.8) is 0 Å². The lowest BCUT2D eigenvalue weighted by Gasteiger charge is -2.41. The Labute approximate surface area is 180 Å². The van der Waals surface area contributed by atoms with Crippen molar-refractivity contribution in [3.8, 4) is 17.3 Å². The molecule has 0 bridgehead atoms. The number of ether oxygens (including phenoxy) is 1. The summed E-state index contributed by atoms with van der Waals surface area (Å²) in [6, 6.07) is 3.58. The number of amides is 2. The van der Waals surface area contributed by atoms with Crippen LogP contribution in [0.4, 0.5) is 18.0 Å². The molecule has 3 aromatic rings. The Morgan fingerprint density at radius 2 is 1.88 bits per heavy atom. The first-order valence-corrected chi connectivity index (χ1v) is 9.86. The SMILES string of the molecule is O=C(N1CC(Oc2cc(-c3ncc[nH]3)ncc2F)C1)N1N=CCC1c1cc(F)cc(F)c1. The van der Waals surface area contributed by atoms with E-state index in [2.05, 4.69) is 20.1 Å². The molecule has 0 radical (unpaired) electrons. The number of H-pyrrole nitrogens is 1. The van der Waals surface area contributed by atoms with Gasteiger partial charge >= 0.3 is 6.03 Å². The number of aromatic nitrogens is 3. The van der Waals surface area contributed by atoms with Crippen molar-refractivity contribution in [3.05, 3.63) is 65.9 Å². The van der Waals surface area contributed by atoms with Crippen LogP contribution in [-0.4, -0.2) is 56.3 Å². The number of nitrogens with zero attached hydrogens (tertiary/aromatic N) is 5. The molecule has 2 amide bonds. The molecule has 5 rings (SSSR count). The van der Waals surface area contributed by atoms with Gasteiger partial charge in [0.05, 0.1) is 25.3 Å². The van der Waals surface area contributed by atoms with Crippen molar-refractivity contribution in [2.75, 3.05) is 13.1 Å². The minimum Gasteiger partial charge on any atom is -0.483 e. The summed E-state index contributed by atoms with van der Waals surface area (Å²) in [7, 11) is 0. The summed E-state index contributed by atoms with van der Waals surface area (Å²) < 4.78 is 47.1. The van der Waals surface area contributed by atoms with Crippen molar-refractivity contribution < 1.29 is 22.7 Å². The summed E-state index contributed by atoms with van der Waals surface area (Å²) in [6.07, 6.45) is 5.70. The molecule has 0 aliphatic carbocycles. The third-order valence-corrected chi connectivity index (χ3v) is 5.27. The van der Waals surface area contributed by atoms with Crippen LogP contribution in [-0.2, 0) is 0 Å². The molecule has 8 nitrogen and oxygen atoms in total. The standard InChI is InChI=1S/C21H17F3N6O2/c22-13-5-12(6-14(23)7-13)18-1-2-28-30(18)21(31)29-10-15(11-29)32-19-8-17(27-9-16(19)24)20-25-3-4-26-20/h2-9,15,18H,1,10-11H2,(H,25,26). The minimum atomic E-state index is -0.718. The normalized spacial score (nSPS) is 18.2. The van der Waals surface area contributed by atoms with Crippen LogP contribution in [0.3, 0.4) is 0 Å². The zero-order valence-electron chi connectivity index (χ0n) is 16.6. The number of benzene rings is 1. The van der Waals surface area contributed by atoms with Crippen LogP contribution in [0.25, 0.3) is 11.5 Å². The predicted molar refractivity (Wildman–Crippen MR) is 107 cm³/mol. The number of hydrogen-bond donors (Lipinski definition) is 1. The Morgan fingerprint density at radius 1 is 1.09 bits per heavy atom. The van der Waals surface area contributed by atoms with Crippen LogP contribution in [0.15, 0.2) is 48.0 Å². The highest BCUT2D eigenvalue weighted by Crippen LogP contribution is 2.32. The molecule has 2 aromatic heterocycles. The number of urea groups is 1. The Kier molecular flexibility index (Phi) is 5.00. The average Bonchev–Trinajstić information content (AvgIpc) is 3.42. The number of rotatable bonds is 4. The molecule has 0 saturated carbocycles. The molecule has 1 saturated heterocycles. The summed E-state index contributed by atoms with van der Waals surface area (Å²) in [4.78, 5) is 25.3. The fraction of sp³-hybridized carbons (Fsp3) is 0.238. The lowest BCUT2D eigenvalue weighted by Crippen LogP contribution is -2.58. The third kappa shape index (κ3) is 3.77. The maximum atomic E-state index is 14.2. The van der Waals surface area contributed by atoms with Crippen LogP contribution in [0.2, 0.25) is 0 Å². The van der Waals surface area contributed by atoms with Gasteiger partial charge in [-0.2, -0.15) is 5.10 Å². The molecule has 1 aromatic carbocycles. The quantitative estimate of drug-likeness (QED) is 0.670. The van der Waals surface area contributed by atoms with Crippen molar-refractivity contribution >= 4 is 12.2 Å². The van der Waals surface area contributed by atoms with Gasteiger partial charge in [-0.05, 0) is 17.7 Å². The van der Waals surface area contributed by atoms with Gasteiger partial charge in [0.2, 0.25) is 0 Å². The smallest absolute Gasteiger partial charge is 0.341 e. The fourth-order valence-electron chi connectivity index (χ4n) is 3.68. The summed E-state index contributed by atoms with van der Waals surface area (Å²) in [6.45, 7) is 0.430. The van der Waals surface area contributed by atoms with E-state index in [1.807, 2.05) is 0 Å². The summed E-state index contributed by atoms with van der Waals surface area (Å²) >= 11 is 0. The molecule has 4 heterocycles. The van der Waals surface area contributed by atoms with Crippen molar-refractivity contribution in [1.29, 1.82) is 0 Å². The molecular weight excluding hydrogens is 425 g/mol. The van der Waals surface area contributed by atoms with Crippen LogP contribution < -0.4 is 4.74 Å². The van der Waals surface area contributed by atoms with E-state index in [0.29, 0.717) is 23.5 Å². The van der Waals surface area contributed by atoms with E-state index in [1.54, 1.807) is 12.4 Å². The molecule has 164 valence electrons. The lowest BCUT2D eigenvalue weighted by molar-refractivity contribution is 0.0256. The Hall–Kier alpha value is -3.89. The van der Waals surface area contributed by atoms with E-state index in [-0.39, 0.29) is 18.8 Å². The van der Waals surface area contributed by atoms with Gasteiger partial charge in [-0.3, -0.25) is 0 Å². The minimum absolute atomic E-state index is 0.0100. The summed E-state index contributed by atoms with van der Waals surface area (Å²) in [5.74, 6) is -1.57. The largest absolute Gasteiger partial charge is 0.483 e. The van der Waals surface area contributed by atoms with Crippen molar-refractivity contribution in [2.45, 2.75) is 18.6 Å². The molecule has 32 heavy (non-hydrogen) atoms. The van der Waals surface area contributed by atoms with E-state index in [4.69, 9.17) is 4.74 Å². The van der Waals surface area contributed by atoms with Gasteiger partial charge in [-0.15, -0.1) is 0 Å². The van der Waals surface area contributed by atoms with E-state index in [9.17, 15) is 18.0 Å². The third-order valence-electron chi connectivity index (χ3n) is 5.27. The first-order valence-electron chi connectivity index (χ1n) is 9.86. The zero-order valence-corrected chi connectivity index (χ0v) is 16.6. The van der Waals surface area contributed by atoms with Crippen molar-refractivity contribution in [2.24, 2.45) is 5.10 Å². The number of imidazole rings is 1.